The first-order valence-electron chi connectivity index (χ1n) is 6.00. The average Bonchev–Trinajstić information content (AvgIpc) is 2.26. The smallest absolute Gasteiger partial charge is 0.423 e. The van der Waals surface area contributed by atoms with Gasteiger partial charge in [0.25, 0.3) is 0 Å². The summed E-state index contributed by atoms with van der Waals surface area (Å²) >= 11 is 1.42. The Balaban J connectivity index is 2.93. The standard InChI is InChI=1S/C13H20BFO3S/c1-12(2,16)13(3,4)18-14(17)10-7-6-9(19-5)8-11(10)15/h6-8,16-17H,1-5H3. The Morgan fingerprint density at radius 1 is 1.26 bits per heavy atom. The van der Waals surface area contributed by atoms with E-state index in [1.54, 1.807) is 33.8 Å². The third-order valence-corrected chi connectivity index (χ3v) is 4.08. The molecular formula is C13H20BFO3S. The Bertz CT molecular complexity index is 446. The molecule has 1 aromatic rings. The fraction of sp³-hybridized carbons (Fsp3) is 0.538. The van der Waals surface area contributed by atoms with Gasteiger partial charge in [-0.25, -0.2) is 4.39 Å². The van der Waals surface area contributed by atoms with E-state index in [2.05, 4.69) is 0 Å². The molecule has 0 radical (unpaired) electrons. The first-order valence-corrected chi connectivity index (χ1v) is 7.22. The first kappa shape index (κ1) is 16.5. The molecule has 0 atom stereocenters. The summed E-state index contributed by atoms with van der Waals surface area (Å²) in [7, 11) is -1.42. The highest BCUT2D eigenvalue weighted by Gasteiger charge is 2.40. The van der Waals surface area contributed by atoms with Crippen LogP contribution in [0.3, 0.4) is 0 Å². The number of benzene rings is 1. The van der Waals surface area contributed by atoms with Crippen LogP contribution in [0, 0.1) is 5.82 Å². The molecule has 6 heteroatoms. The maximum atomic E-state index is 13.8. The molecule has 0 spiro atoms. The molecule has 1 rings (SSSR count). The fourth-order valence-electron chi connectivity index (χ4n) is 1.32. The topological polar surface area (TPSA) is 49.7 Å². The van der Waals surface area contributed by atoms with Crippen LogP contribution in [-0.4, -0.2) is 34.7 Å². The quantitative estimate of drug-likeness (QED) is 0.640. The lowest BCUT2D eigenvalue weighted by atomic mass is 9.76. The van der Waals surface area contributed by atoms with Crippen LogP contribution in [-0.2, 0) is 4.65 Å². The molecule has 0 fully saturated rings. The number of rotatable bonds is 5. The third kappa shape index (κ3) is 3.95. The summed E-state index contributed by atoms with van der Waals surface area (Å²) in [5, 5.41) is 19.9. The van der Waals surface area contributed by atoms with Gasteiger partial charge in [0, 0.05) is 10.4 Å². The lowest BCUT2D eigenvalue weighted by Gasteiger charge is -2.38. The van der Waals surface area contributed by atoms with E-state index < -0.39 is 24.1 Å². The molecule has 0 saturated carbocycles. The summed E-state index contributed by atoms with van der Waals surface area (Å²) in [5.74, 6) is -0.522. The molecule has 0 saturated heterocycles. The van der Waals surface area contributed by atoms with E-state index >= 15 is 0 Å². The number of aliphatic hydroxyl groups is 1. The minimum atomic E-state index is -1.42. The van der Waals surface area contributed by atoms with Crippen LogP contribution < -0.4 is 5.46 Å². The van der Waals surface area contributed by atoms with Gasteiger partial charge in [0.1, 0.15) is 5.82 Å². The summed E-state index contributed by atoms with van der Waals surface area (Å²) in [6.07, 6.45) is 1.85. The molecule has 2 N–H and O–H groups in total. The molecule has 106 valence electrons. The fourth-order valence-corrected chi connectivity index (χ4v) is 1.75. The number of halogens is 1. The zero-order valence-corrected chi connectivity index (χ0v) is 12.7. The molecule has 0 bridgehead atoms. The predicted octanol–water partition coefficient (Wildman–Crippen LogP) is 1.80. The van der Waals surface area contributed by atoms with E-state index in [4.69, 9.17) is 4.65 Å². The summed E-state index contributed by atoms with van der Waals surface area (Å²) in [6.45, 7) is 6.44. The second-order valence-electron chi connectivity index (χ2n) is 5.43. The van der Waals surface area contributed by atoms with E-state index in [-0.39, 0.29) is 5.46 Å². The maximum absolute atomic E-state index is 13.8. The van der Waals surface area contributed by atoms with Crippen molar-refractivity contribution in [2.24, 2.45) is 0 Å². The highest BCUT2D eigenvalue weighted by molar-refractivity contribution is 7.98. The molecule has 1 aromatic carbocycles. The lowest BCUT2D eigenvalue weighted by molar-refractivity contribution is -0.0983. The van der Waals surface area contributed by atoms with Crippen LogP contribution >= 0.6 is 11.8 Å². The first-order chi connectivity index (χ1) is 8.58. The van der Waals surface area contributed by atoms with Crippen molar-refractivity contribution >= 4 is 24.3 Å². The van der Waals surface area contributed by atoms with Crippen molar-refractivity contribution in [3.8, 4) is 0 Å². The normalized spacial score (nSPS) is 12.6. The van der Waals surface area contributed by atoms with Gasteiger partial charge in [-0.05, 0) is 46.1 Å². The van der Waals surface area contributed by atoms with Gasteiger partial charge < -0.3 is 14.8 Å². The van der Waals surface area contributed by atoms with Gasteiger partial charge in [-0.2, -0.15) is 0 Å². The minimum absolute atomic E-state index is 0.0649. The molecule has 0 unspecified atom stereocenters. The van der Waals surface area contributed by atoms with Crippen molar-refractivity contribution in [3.63, 3.8) is 0 Å². The van der Waals surface area contributed by atoms with Crippen molar-refractivity contribution in [1.82, 2.24) is 0 Å². The van der Waals surface area contributed by atoms with Gasteiger partial charge in [-0.1, -0.05) is 6.07 Å². The van der Waals surface area contributed by atoms with E-state index in [1.807, 2.05) is 6.26 Å². The predicted molar refractivity (Wildman–Crippen MR) is 77.2 cm³/mol. The molecule has 0 heterocycles. The molecule has 0 aliphatic heterocycles. The van der Waals surface area contributed by atoms with Crippen LogP contribution in [0.15, 0.2) is 23.1 Å². The number of hydrogen-bond acceptors (Lipinski definition) is 4. The minimum Gasteiger partial charge on any atom is -0.423 e. The summed E-state index contributed by atoms with van der Waals surface area (Å²) in [5.41, 5.74) is -2.11. The van der Waals surface area contributed by atoms with E-state index in [9.17, 15) is 14.5 Å². The number of thioether (sulfide) groups is 1. The monoisotopic (exact) mass is 286 g/mol. The molecular weight excluding hydrogens is 266 g/mol. The molecule has 3 nitrogen and oxygen atoms in total. The third-order valence-electron chi connectivity index (χ3n) is 3.35. The molecule has 19 heavy (non-hydrogen) atoms. The van der Waals surface area contributed by atoms with Crippen LogP contribution in [0.5, 0.6) is 0 Å². The second-order valence-corrected chi connectivity index (χ2v) is 6.31. The molecule has 0 aliphatic carbocycles. The van der Waals surface area contributed by atoms with Crippen LogP contribution in [0.25, 0.3) is 0 Å². The SMILES string of the molecule is CSc1ccc(B(O)OC(C)(C)C(C)(C)O)c(F)c1. The van der Waals surface area contributed by atoms with E-state index in [0.29, 0.717) is 0 Å². The van der Waals surface area contributed by atoms with Crippen molar-refractivity contribution < 1.29 is 19.2 Å². The van der Waals surface area contributed by atoms with E-state index in [1.165, 1.54) is 23.9 Å². The van der Waals surface area contributed by atoms with Gasteiger partial charge in [0.15, 0.2) is 0 Å². The van der Waals surface area contributed by atoms with Gasteiger partial charge >= 0.3 is 7.12 Å². The summed E-state index contributed by atoms with van der Waals surface area (Å²) < 4.78 is 19.2. The number of hydrogen-bond donors (Lipinski definition) is 2. The van der Waals surface area contributed by atoms with Gasteiger partial charge in [-0.15, -0.1) is 11.8 Å². The Morgan fingerprint density at radius 3 is 2.26 bits per heavy atom. The zero-order chi connectivity index (χ0) is 14.8. The van der Waals surface area contributed by atoms with Crippen molar-refractivity contribution in [2.75, 3.05) is 6.26 Å². The van der Waals surface area contributed by atoms with Crippen molar-refractivity contribution in [3.05, 3.63) is 24.0 Å². The summed E-state index contributed by atoms with van der Waals surface area (Å²) in [4.78, 5) is 0.773. The lowest BCUT2D eigenvalue weighted by Crippen LogP contribution is -2.53. The second kappa shape index (κ2) is 5.83. The van der Waals surface area contributed by atoms with Crippen molar-refractivity contribution in [1.29, 1.82) is 0 Å². The average molecular weight is 286 g/mol. The van der Waals surface area contributed by atoms with Crippen LogP contribution in [0.4, 0.5) is 4.39 Å². The Hall–Kier alpha value is -0.555. The van der Waals surface area contributed by atoms with Crippen molar-refractivity contribution in [2.45, 2.75) is 43.8 Å². The van der Waals surface area contributed by atoms with E-state index in [0.717, 1.165) is 4.90 Å². The van der Waals surface area contributed by atoms with Gasteiger partial charge in [-0.3, -0.25) is 0 Å². The molecule has 0 aliphatic rings. The highest BCUT2D eigenvalue weighted by Crippen LogP contribution is 2.25. The highest BCUT2D eigenvalue weighted by atomic mass is 32.2. The van der Waals surface area contributed by atoms with Gasteiger partial charge in [0.2, 0.25) is 0 Å². The summed E-state index contributed by atoms with van der Waals surface area (Å²) in [6, 6.07) is 4.56. The van der Waals surface area contributed by atoms with Crippen LogP contribution in [0.1, 0.15) is 27.7 Å². The Kier molecular flexibility index (Phi) is 5.06. The largest absolute Gasteiger partial charge is 0.494 e. The Labute approximate surface area is 118 Å². The molecule has 0 aromatic heterocycles. The maximum Gasteiger partial charge on any atom is 0.494 e. The van der Waals surface area contributed by atoms with Gasteiger partial charge in [0.05, 0.1) is 11.2 Å². The van der Waals surface area contributed by atoms with Crippen LogP contribution in [0.2, 0.25) is 0 Å². The molecule has 0 amide bonds. The Morgan fingerprint density at radius 2 is 1.84 bits per heavy atom. The zero-order valence-electron chi connectivity index (χ0n) is 11.9.